The van der Waals surface area contributed by atoms with Crippen molar-refractivity contribution in [2.45, 2.75) is 77.9 Å². The third-order valence-electron chi connectivity index (χ3n) is 3.83. The van der Waals surface area contributed by atoms with Gasteiger partial charge in [0.05, 0.1) is 17.2 Å². The highest BCUT2D eigenvalue weighted by molar-refractivity contribution is 7.09. The van der Waals surface area contributed by atoms with Crippen LogP contribution in [0.4, 0.5) is 0 Å². The molecular formula is C15H27N3S. The van der Waals surface area contributed by atoms with Crippen LogP contribution in [0.15, 0.2) is 5.38 Å². The maximum atomic E-state index is 4.75. The summed E-state index contributed by atoms with van der Waals surface area (Å²) in [5.41, 5.74) is 4.91. The topological polar surface area (TPSA) is 28.2 Å². The van der Waals surface area contributed by atoms with Gasteiger partial charge in [0, 0.05) is 22.9 Å². The SMILES string of the molecule is CC1CCCC(C)N1NCc1csc(C(C)(C)C)n1. The van der Waals surface area contributed by atoms with Gasteiger partial charge in [-0.25, -0.2) is 15.4 Å². The molecule has 0 saturated carbocycles. The summed E-state index contributed by atoms with van der Waals surface area (Å²) in [6.07, 6.45) is 3.94. The van der Waals surface area contributed by atoms with E-state index in [0.29, 0.717) is 12.1 Å². The standard InChI is InChI=1S/C15H27N3S/c1-11-7-6-8-12(2)18(11)16-9-13-10-19-14(17-13)15(3,4)5/h10-12,16H,6-9H2,1-5H3. The first-order valence-corrected chi connectivity index (χ1v) is 8.22. The Bertz CT molecular complexity index is 398. The van der Waals surface area contributed by atoms with Gasteiger partial charge in [-0.2, -0.15) is 0 Å². The average molecular weight is 281 g/mol. The lowest BCUT2D eigenvalue weighted by Crippen LogP contribution is -2.51. The Morgan fingerprint density at radius 3 is 2.47 bits per heavy atom. The average Bonchev–Trinajstić information content (AvgIpc) is 2.77. The van der Waals surface area contributed by atoms with Crippen LogP contribution < -0.4 is 5.43 Å². The quantitative estimate of drug-likeness (QED) is 0.915. The molecule has 2 unspecified atom stereocenters. The van der Waals surface area contributed by atoms with Crippen LogP contribution in [0, 0.1) is 0 Å². The summed E-state index contributed by atoms with van der Waals surface area (Å²) in [6, 6.07) is 1.26. The minimum absolute atomic E-state index is 0.161. The van der Waals surface area contributed by atoms with Gasteiger partial charge in [0.15, 0.2) is 0 Å². The fraction of sp³-hybridized carbons (Fsp3) is 0.800. The monoisotopic (exact) mass is 281 g/mol. The summed E-state index contributed by atoms with van der Waals surface area (Å²) >= 11 is 1.78. The highest BCUT2D eigenvalue weighted by Crippen LogP contribution is 2.26. The molecule has 1 aliphatic rings. The fourth-order valence-corrected chi connectivity index (χ4v) is 3.55. The van der Waals surface area contributed by atoms with Gasteiger partial charge in [-0.1, -0.05) is 27.2 Å². The summed E-state index contributed by atoms with van der Waals surface area (Å²) in [6.45, 7) is 12.1. The summed E-state index contributed by atoms with van der Waals surface area (Å²) < 4.78 is 0. The van der Waals surface area contributed by atoms with Gasteiger partial charge in [-0.15, -0.1) is 11.3 Å². The minimum atomic E-state index is 0.161. The Morgan fingerprint density at radius 1 is 1.32 bits per heavy atom. The summed E-state index contributed by atoms with van der Waals surface area (Å²) in [5, 5.41) is 5.83. The first-order valence-electron chi connectivity index (χ1n) is 7.34. The molecular weight excluding hydrogens is 254 g/mol. The first kappa shape index (κ1) is 14.9. The lowest BCUT2D eigenvalue weighted by molar-refractivity contribution is 0.0431. The summed E-state index contributed by atoms with van der Waals surface area (Å²) in [5.74, 6) is 0. The van der Waals surface area contributed by atoms with Gasteiger partial charge < -0.3 is 0 Å². The van der Waals surface area contributed by atoms with Crippen molar-refractivity contribution in [2.75, 3.05) is 0 Å². The van der Waals surface area contributed by atoms with Gasteiger partial charge in [0.2, 0.25) is 0 Å². The number of piperidine rings is 1. The minimum Gasteiger partial charge on any atom is -0.249 e. The van der Waals surface area contributed by atoms with Crippen LogP contribution in [0.2, 0.25) is 0 Å². The van der Waals surface area contributed by atoms with Crippen molar-refractivity contribution < 1.29 is 0 Å². The zero-order valence-corrected chi connectivity index (χ0v) is 13.7. The van der Waals surface area contributed by atoms with E-state index in [1.54, 1.807) is 11.3 Å². The molecule has 2 atom stereocenters. The predicted octanol–water partition coefficient (Wildman–Crippen LogP) is 3.71. The van der Waals surface area contributed by atoms with Gasteiger partial charge in [0.1, 0.15) is 0 Å². The molecule has 0 amide bonds. The Hall–Kier alpha value is -0.450. The van der Waals surface area contributed by atoms with Gasteiger partial charge in [0.25, 0.3) is 0 Å². The van der Waals surface area contributed by atoms with E-state index >= 15 is 0 Å². The number of aromatic nitrogens is 1. The largest absolute Gasteiger partial charge is 0.249 e. The number of hydrogen-bond donors (Lipinski definition) is 1. The van der Waals surface area contributed by atoms with E-state index in [0.717, 1.165) is 6.54 Å². The maximum absolute atomic E-state index is 4.75. The maximum Gasteiger partial charge on any atom is 0.0982 e. The van der Waals surface area contributed by atoms with E-state index in [2.05, 4.69) is 50.4 Å². The molecule has 1 fully saturated rings. The molecule has 1 saturated heterocycles. The molecule has 0 bridgehead atoms. The summed E-state index contributed by atoms with van der Waals surface area (Å²) in [4.78, 5) is 4.75. The Labute approximate surface area is 121 Å². The number of rotatable bonds is 3. The highest BCUT2D eigenvalue weighted by Gasteiger charge is 2.24. The molecule has 108 valence electrons. The number of hydrogen-bond acceptors (Lipinski definition) is 4. The smallest absolute Gasteiger partial charge is 0.0982 e. The predicted molar refractivity (Wildman–Crippen MR) is 82.3 cm³/mol. The molecule has 1 N–H and O–H groups in total. The van der Waals surface area contributed by atoms with Crippen molar-refractivity contribution in [3.8, 4) is 0 Å². The first-order chi connectivity index (χ1) is 8.88. The van der Waals surface area contributed by atoms with Crippen LogP contribution in [-0.4, -0.2) is 22.1 Å². The highest BCUT2D eigenvalue weighted by atomic mass is 32.1. The van der Waals surface area contributed by atoms with E-state index in [9.17, 15) is 0 Å². The lowest BCUT2D eigenvalue weighted by Gasteiger charge is -2.39. The Balaban J connectivity index is 1.93. The van der Waals surface area contributed by atoms with Crippen LogP contribution in [0.1, 0.15) is 64.6 Å². The normalized spacial score (nSPS) is 25.7. The second-order valence-electron chi connectivity index (χ2n) is 6.77. The van der Waals surface area contributed by atoms with Crippen molar-refractivity contribution in [3.63, 3.8) is 0 Å². The fourth-order valence-electron chi connectivity index (χ4n) is 2.64. The molecule has 19 heavy (non-hydrogen) atoms. The van der Waals surface area contributed by atoms with Crippen LogP contribution in [0.25, 0.3) is 0 Å². The molecule has 2 heterocycles. The van der Waals surface area contributed by atoms with Crippen molar-refractivity contribution in [1.82, 2.24) is 15.4 Å². The zero-order chi connectivity index (χ0) is 14.0. The molecule has 4 heteroatoms. The molecule has 0 aliphatic carbocycles. The third-order valence-corrected chi connectivity index (χ3v) is 5.15. The van der Waals surface area contributed by atoms with Crippen molar-refractivity contribution in [1.29, 1.82) is 0 Å². The van der Waals surface area contributed by atoms with E-state index in [1.807, 2.05) is 0 Å². The molecule has 3 nitrogen and oxygen atoms in total. The van der Waals surface area contributed by atoms with E-state index in [1.165, 1.54) is 30.0 Å². The lowest BCUT2D eigenvalue weighted by atomic mass is 9.98. The molecule has 2 rings (SSSR count). The van der Waals surface area contributed by atoms with Crippen molar-refractivity contribution >= 4 is 11.3 Å². The number of nitrogens with one attached hydrogen (secondary N) is 1. The molecule has 0 radical (unpaired) electrons. The molecule has 0 aromatic carbocycles. The van der Waals surface area contributed by atoms with E-state index < -0.39 is 0 Å². The van der Waals surface area contributed by atoms with Crippen molar-refractivity contribution in [2.24, 2.45) is 0 Å². The van der Waals surface area contributed by atoms with Crippen LogP contribution >= 0.6 is 11.3 Å². The summed E-state index contributed by atoms with van der Waals surface area (Å²) in [7, 11) is 0. The van der Waals surface area contributed by atoms with Gasteiger partial charge >= 0.3 is 0 Å². The van der Waals surface area contributed by atoms with Crippen molar-refractivity contribution in [3.05, 3.63) is 16.1 Å². The second-order valence-corrected chi connectivity index (χ2v) is 7.62. The molecule has 1 aliphatic heterocycles. The second kappa shape index (κ2) is 5.90. The number of nitrogens with zero attached hydrogens (tertiary/aromatic N) is 2. The molecule has 1 aromatic heterocycles. The van der Waals surface area contributed by atoms with Crippen LogP contribution in [0.3, 0.4) is 0 Å². The van der Waals surface area contributed by atoms with Gasteiger partial charge in [-0.3, -0.25) is 0 Å². The Morgan fingerprint density at radius 2 is 1.95 bits per heavy atom. The molecule has 0 spiro atoms. The van der Waals surface area contributed by atoms with Crippen LogP contribution in [-0.2, 0) is 12.0 Å². The number of thiazole rings is 1. The zero-order valence-electron chi connectivity index (χ0n) is 12.9. The third kappa shape index (κ3) is 3.77. The Kier molecular flexibility index (Phi) is 4.64. The van der Waals surface area contributed by atoms with Gasteiger partial charge in [-0.05, 0) is 26.7 Å². The molecule has 1 aromatic rings. The van der Waals surface area contributed by atoms with E-state index in [4.69, 9.17) is 4.98 Å². The van der Waals surface area contributed by atoms with Crippen LogP contribution in [0.5, 0.6) is 0 Å². The number of hydrazine groups is 1. The van der Waals surface area contributed by atoms with E-state index in [-0.39, 0.29) is 5.41 Å².